The van der Waals surface area contributed by atoms with Crippen LogP contribution in [0.25, 0.3) is 0 Å². The Balaban J connectivity index is 1.86. The van der Waals surface area contributed by atoms with Gasteiger partial charge >= 0.3 is 31.5 Å². The van der Waals surface area contributed by atoms with Gasteiger partial charge in [-0.15, -0.1) is 6.58 Å². The van der Waals surface area contributed by atoms with E-state index >= 15 is 0 Å². The topological polar surface area (TPSA) is 293 Å². The van der Waals surface area contributed by atoms with Gasteiger partial charge in [0.15, 0.2) is 0 Å². The number of aromatic nitrogens is 2. The summed E-state index contributed by atoms with van der Waals surface area (Å²) >= 11 is 0. The molecule has 0 spiro atoms. The monoisotopic (exact) mass is 889 g/mol. The van der Waals surface area contributed by atoms with Crippen LogP contribution >= 0.6 is 7.82 Å². The van der Waals surface area contributed by atoms with Gasteiger partial charge in [-0.05, 0) is 25.5 Å². The maximum Gasteiger partial charge on any atom is 0.475 e. The molecule has 1 saturated heterocycles. The molecule has 22 nitrogen and oxygen atoms in total. The summed E-state index contributed by atoms with van der Waals surface area (Å²) in [6.45, 7) is 12.1. The summed E-state index contributed by atoms with van der Waals surface area (Å²) in [7, 11) is -4.75. The molecule has 1 aliphatic heterocycles. The highest BCUT2D eigenvalue weighted by molar-refractivity contribution is 7.48. The summed E-state index contributed by atoms with van der Waals surface area (Å²) in [6, 6.07) is 4.67. The third kappa shape index (κ3) is 16.4. The fourth-order valence-corrected chi connectivity index (χ4v) is 6.55. The highest BCUT2D eigenvalue weighted by Gasteiger charge is 2.42. The molecule has 1 aliphatic rings. The minimum Gasteiger partial charge on any atom is -0.460 e. The van der Waals surface area contributed by atoms with Gasteiger partial charge in [-0.25, -0.2) is 18.9 Å². The molecule has 8 atom stereocenters. The molecular weight excluding hydrogens is 837 g/mol. The van der Waals surface area contributed by atoms with E-state index in [9.17, 15) is 38.1 Å². The van der Waals surface area contributed by atoms with Crippen LogP contribution in [0, 0.1) is 0 Å². The van der Waals surface area contributed by atoms with E-state index in [1.165, 1.54) is 44.3 Å². The van der Waals surface area contributed by atoms with Crippen LogP contribution < -0.4 is 32.7 Å². The van der Waals surface area contributed by atoms with Crippen LogP contribution in [0.4, 0.5) is 10.6 Å². The predicted molar refractivity (Wildman–Crippen MR) is 220 cm³/mol. The zero-order valence-electron chi connectivity index (χ0n) is 34.4. The predicted octanol–water partition coefficient (Wildman–Crippen LogP) is 1.33. The first-order valence-electron chi connectivity index (χ1n) is 19.1. The number of esters is 2. The molecule has 1 aromatic heterocycles. The lowest BCUT2D eigenvalue weighted by Crippen LogP contribution is -2.58. The standard InChI is InChI=1S/C39H52N7O15P/c1-7-17-55-37(51)25(5)41-36(50)29(43-35(49)28(42-34(48)24(4)40)20-27-13-11-10-12-14-27)22-58-62(54,57-19-9-3)59-23-31-30(60-26(6)47)21-33(61-31)46-16-15-32(44-38(46)52)45-39(53)56-18-8-2/h7-16,24-25,28-31,33H,1-3,17-23,40H2,4-6H3,(H,41,50)(H,42,48)(H,43,49)(H,44,45,52,53)/t24-,25-,28-,29-,30-,31+,33+,62?/m0/s1. The number of amides is 4. The van der Waals surface area contributed by atoms with E-state index in [0.717, 1.165) is 11.5 Å². The smallest absolute Gasteiger partial charge is 0.460 e. The van der Waals surface area contributed by atoms with Crippen LogP contribution in [-0.2, 0) is 67.5 Å². The molecule has 2 aromatic rings. The van der Waals surface area contributed by atoms with Crippen LogP contribution in [0.2, 0.25) is 0 Å². The fourth-order valence-electron chi connectivity index (χ4n) is 5.38. The first kappa shape index (κ1) is 50.3. The van der Waals surface area contributed by atoms with Crippen LogP contribution in [0.15, 0.2) is 85.4 Å². The van der Waals surface area contributed by atoms with E-state index in [-0.39, 0.29) is 31.9 Å². The Bertz CT molecular complexity index is 2010. The summed E-state index contributed by atoms with van der Waals surface area (Å²) in [5, 5.41) is 9.71. The molecule has 1 aromatic carbocycles. The van der Waals surface area contributed by atoms with E-state index in [1.54, 1.807) is 30.3 Å². The fraction of sp³-hybridized carbons (Fsp3) is 0.436. The van der Waals surface area contributed by atoms with Crippen molar-refractivity contribution < 1.29 is 65.9 Å². The molecule has 3 rings (SSSR count). The second kappa shape index (κ2) is 25.0. The van der Waals surface area contributed by atoms with Gasteiger partial charge in [-0.3, -0.25) is 42.6 Å². The third-order valence-electron chi connectivity index (χ3n) is 8.37. The van der Waals surface area contributed by atoms with Crippen molar-refractivity contribution in [1.29, 1.82) is 0 Å². The van der Waals surface area contributed by atoms with Gasteiger partial charge in [-0.2, -0.15) is 4.98 Å². The number of anilines is 1. The molecule has 2 heterocycles. The van der Waals surface area contributed by atoms with Gasteiger partial charge < -0.3 is 40.6 Å². The molecule has 23 heteroatoms. The summed E-state index contributed by atoms with van der Waals surface area (Å²) in [4.78, 5) is 93.3. The highest BCUT2D eigenvalue weighted by Crippen LogP contribution is 2.50. The minimum absolute atomic E-state index is 0.0332. The molecule has 0 aliphatic carbocycles. The number of phosphoric acid groups is 1. The number of nitrogens with two attached hydrogens (primary N) is 1. The Morgan fingerprint density at radius 3 is 2.18 bits per heavy atom. The Morgan fingerprint density at radius 1 is 0.903 bits per heavy atom. The molecule has 0 saturated carbocycles. The highest BCUT2D eigenvalue weighted by atomic mass is 31.2. The van der Waals surface area contributed by atoms with Crippen molar-refractivity contribution in [2.75, 3.05) is 38.4 Å². The molecule has 4 amide bonds. The van der Waals surface area contributed by atoms with Crippen molar-refractivity contribution in [2.24, 2.45) is 5.73 Å². The molecule has 6 N–H and O–H groups in total. The van der Waals surface area contributed by atoms with Gasteiger partial charge in [0.25, 0.3) is 0 Å². The normalized spacial score (nSPS) is 18.5. The van der Waals surface area contributed by atoms with Crippen LogP contribution in [0.5, 0.6) is 0 Å². The van der Waals surface area contributed by atoms with Gasteiger partial charge in [0.2, 0.25) is 17.7 Å². The number of carbonyl (C=O) groups excluding carboxylic acids is 6. The van der Waals surface area contributed by atoms with Gasteiger partial charge in [0, 0.05) is 26.0 Å². The summed E-state index contributed by atoms with van der Waals surface area (Å²) in [6.07, 6.45) is 0.774. The number of hydrogen-bond donors (Lipinski definition) is 5. The van der Waals surface area contributed by atoms with Crippen molar-refractivity contribution in [1.82, 2.24) is 25.5 Å². The molecule has 62 heavy (non-hydrogen) atoms. The molecular formula is C39H52N7O15P. The number of hydrogen-bond acceptors (Lipinski definition) is 17. The first-order valence-corrected chi connectivity index (χ1v) is 20.5. The molecule has 1 unspecified atom stereocenters. The Hall–Kier alpha value is -6.03. The number of nitrogens with one attached hydrogen (secondary N) is 4. The lowest BCUT2D eigenvalue weighted by Gasteiger charge is -2.26. The third-order valence-corrected chi connectivity index (χ3v) is 9.76. The van der Waals surface area contributed by atoms with E-state index in [0.29, 0.717) is 5.56 Å². The van der Waals surface area contributed by atoms with Crippen molar-refractivity contribution >= 4 is 49.4 Å². The second-order valence-corrected chi connectivity index (χ2v) is 15.1. The summed E-state index contributed by atoms with van der Waals surface area (Å²) < 4.78 is 53.0. The van der Waals surface area contributed by atoms with Crippen molar-refractivity contribution in [2.45, 2.75) is 76.2 Å². The minimum atomic E-state index is -4.75. The average Bonchev–Trinajstić information content (AvgIpc) is 3.63. The van der Waals surface area contributed by atoms with Crippen LogP contribution in [0.3, 0.4) is 0 Å². The number of ether oxygens (including phenoxy) is 4. The molecule has 0 radical (unpaired) electrons. The number of benzene rings is 1. The van der Waals surface area contributed by atoms with Crippen LogP contribution in [-0.4, -0.2) is 115 Å². The number of phosphoric ester groups is 1. The Labute approximate surface area is 357 Å². The lowest BCUT2D eigenvalue weighted by atomic mass is 10.0. The molecule has 1 fully saturated rings. The summed E-state index contributed by atoms with van der Waals surface area (Å²) in [5.41, 5.74) is 5.53. The van der Waals surface area contributed by atoms with Crippen molar-refractivity contribution in [3.8, 4) is 0 Å². The maximum atomic E-state index is 14.1. The summed E-state index contributed by atoms with van der Waals surface area (Å²) in [5.74, 6) is -4.24. The van der Waals surface area contributed by atoms with E-state index in [2.05, 4.69) is 46.0 Å². The van der Waals surface area contributed by atoms with Crippen molar-refractivity contribution in [3.05, 3.63) is 96.6 Å². The zero-order valence-corrected chi connectivity index (χ0v) is 35.3. The average molecular weight is 890 g/mol. The number of nitrogens with zero attached hydrogens (tertiary/aromatic N) is 2. The van der Waals surface area contributed by atoms with Gasteiger partial charge in [0.1, 0.15) is 55.6 Å². The Kier molecular flexibility index (Phi) is 20.3. The van der Waals surface area contributed by atoms with E-state index < -0.39 is 112 Å². The number of carbonyl (C=O) groups is 6. The largest absolute Gasteiger partial charge is 0.475 e. The molecule has 0 bridgehead atoms. The van der Waals surface area contributed by atoms with E-state index in [1.807, 2.05) is 0 Å². The SMILES string of the molecule is C=CCOC(=O)Nc1ccn([C@H]2C[C@H](OC(C)=O)[C@@H](COP(=O)(OCC=C)OC[C@H](NC(=O)[C@H](Cc3ccccc3)NC(=O)[C@H](C)N)C(=O)N[C@@H](C)C(=O)OCC=C)O2)c(=O)n1. The maximum absolute atomic E-state index is 14.1. The number of rotatable bonds is 25. The van der Waals surface area contributed by atoms with E-state index in [4.69, 9.17) is 38.3 Å². The Morgan fingerprint density at radius 2 is 1.55 bits per heavy atom. The van der Waals surface area contributed by atoms with Gasteiger partial charge in [0.05, 0.1) is 25.9 Å². The lowest BCUT2D eigenvalue weighted by molar-refractivity contribution is -0.150. The zero-order chi connectivity index (χ0) is 45.8. The first-order chi connectivity index (χ1) is 29.5. The quantitative estimate of drug-likeness (QED) is 0.0407. The van der Waals surface area contributed by atoms with Gasteiger partial charge in [-0.1, -0.05) is 61.7 Å². The second-order valence-electron chi connectivity index (χ2n) is 13.4. The molecule has 338 valence electrons. The van der Waals surface area contributed by atoms with Crippen LogP contribution in [0.1, 0.15) is 39.0 Å². The van der Waals surface area contributed by atoms with Crippen molar-refractivity contribution in [3.63, 3.8) is 0 Å².